The molecule has 158 valence electrons. The normalized spacial score (nSPS) is 28.9. The van der Waals surface area contributed by atoms with E-state index in [0.717, 1.165) is 31.3 Å². The number of carboxylic acids is 3. The van der Waals surface area contributed by atoms with E-state index < -0.39 is 41.6 Å². The van der Waals surface area contributed by atoms with E-state index in [-0.39, 0.29) is 12.8 Å². The summed E-state index contributed by atoms with van der Waals surface area (Å²) in [4.78, 5) is 34.6. The lowest BCUT2D eigenvalue weighted by Crippen LogP contribution is -2.49. The van der Waals surface area contributed by atoms with Crippen molar-refractivity contribution in [3.05, 3.63) is 11.8 Å². The van der Waals surface area contributed by atoms with Crippen LogP contribution in [0.1, 0.15) is 77.6 Å². The number of hydrogen-bond donors (Lipinski definition) is 3. The van der Waals surface area contributed by atoms with E-state index in [1.807, 2.05) is 0 Å². The Morgan fingerprint density at radius 1 is 1.07 bits per heavy atom. The Kier molecular flexibility index (Phi) is 7.46. The van der Waals surface area contributed by atoms with Gasteiger partial charge >= 0.3 is 17.9 Å². The van der Waals surface area contributed by atoms with E-state index in [1.165, 1.54) is 31.9 Å². The Bertz CT molecular complexity index is 628. The standard InChI is InChI=1S/C20H30O8/c1-2-3-4-5-6-7-8-9-14-10-19(27-13-14)11-15(17(23)24)20(28-19,18(25)26)12-16(21)22/h13,15H,2-12H2,1H3,(H,21,22)(H,23,24)(H,25,26)/t15-,19-,20+/m1/s1. The zero-order valence-electron chi connectivity index (χ0n) is 16.3. The summed E-state index contributed by atoms with van der Waals surface area (Å²) in [7, 11) is 0. The number of ether oxygens (including phenoxy) is 2. The van der Waals surface area contributed by atoms with Crippen LogP contribution in [-0.4, -0.2) is 44.6 Å². The lowest BCUT2D eigenvalue weighted by atomic mass is 9.83. The summed E-state index contributed by atoms with van der Waals surface area (Å²) < 4.78 is 11.2. The summed E-state index contributed by atoms with van der Waals surface area (Å²) in [6.07, 6.45) is 9.58. The van der Waals surface area contributed by atoms with Crippen LogP contribution in [0.15, 0.2) is 11.8 Å². The van der Waals surface area contributed by atoms with Gasteiger partial charge in [0.2, 0.25) is 5.79 Å². The Hall–Kier alpha value is -2.09. The quantitative estimate of drug-likeness (QED) is 0.426. The fourth-order valence-electron chi connectivity index (χ4n) is 4.12. The summed E-state index contributed by atoms with van der Waals surface area (Å²) in [6.45, 7) is 2.18. The Balaban J connectivity index is 1.94. The highest BCUT2D eigenvalue weighted by atomic mass is 16.7. The second-order valence-electron chi connectivity index (χ2n) is 7.81. The van der Waals surface area contributed by atoms with Crippen LogP contribution in [0.25, 0.3) is 0 Å². The fourth-order valence-corrected chi connectivity index (χ4v) is 4.12. The highest BCUT2D eigenvalue weighted by molar-refractivity contribution is 5.90. The van der Waals surface area contributed by atoms with Crippen molar-refractivity contribution in [2.45, 2.75) is 88.9 Å². The molecule has 0 unspecified atom stereocenters. The molecular weight excluding hydrogens is 368 g/mol. The van der Waals surface area contributed by atoms with Crippen molar-refractivity contribution in [1.29, 1.82) is 0 Å². The molecule has 2 aliphatic rings. The van der Waals surface area contributed by atoms with Crippen molar-refractivity contribution in [2.75, 3.05) is 0 Å². The minimum Gasteiger partial charge on any atom is -0.481 e. The van der Waals surface area contributed by atoms with Gasteiger partial charge in [0.15, 0.2) is 5.60 Å². The predicted octanol–water partition coefficient (Wildman–Crippen LogP) is 3.55. The summed E-state index contributed by atoms with van der Waals surface area (Å²) >= 11 is 0. The summed E-state index contributed by atoms with van der Waals surface area (Å²) in [5.74, 6) is -7.33. The van der Waals surface area contributed by atoms with Crippen molar-refractivity contribution in [1.82, 2.24) is 0 Å². The molecule has 0 saturated carbocycles. The first-order chi connectivity index (χ1) is 13.2. The van der Waals surface area contributed by atoms with E-state index in [4.69, 9.17) is 14.6 Å². The van der Waals surface area contributed by atoms with E-state index in [2.05, 4.69) is 6.92 Å². The zero-order valence-corrected chi connectivity index (χ0v) is 16.3. The lowest BCUT2D eigenvalue weighted by molar-refractivity contribution is -0.229. The van der Waals surface area contributed by atoms with Crippen molar-refractivity contribution in [2.24, 2.45) is 5.92 Å². The van der Waals surface area contributed by atoms with Crippen LogP contribution in [0.5, 0.6) is 0 Å². The molecule has 3 N–H and O–H groups in total. The van der Waals surface area contributed by atoms with Crippen LogP contribution in [0.3, 0.4) is 0 Å². The lowest BCUT2D eigenvalue weighted by Gasteiger charge is -2.29. The van der Waals surface area contributed by atoms with Gasteiger partial charge < -0.3 is 24.8 Å². The van der Waals surface area contributed by atoms with Crippen LogP contribution in [0.4, 0.5) is 0 Å². The van der Waals surface area contributed by atoms with E-state index in [0.29, 0.717) is 0 Å². The van der Waals surface area contributed by atoms with Gasteiger partial charge in [0.25, 0.3) is 0 Å². The molecule has 0 amide bonds. The largest absolute Gasteiger partial charge is 0.481 e. The number of aliphatic carboxylic acids is 3. The van der Waals surface area contributed by atoms with Gasteiger partial charge in [0.05, 0.1) is 12.7 Å². The third-order valence-electron chi connectivity index (χ3n) is 5.56. The summed E-state index contributed by atoms with van der Waals surface area (Å²) in [6, 6.07) is 0. The van der Waals surface area contributed by atoms with Gasteiger partial charge in [0, 0.05) is 12.8 Å². The molecule has 0 aromatic rings. The first kappa shape index (κ1) is 22.2. The van der Waals surface area contributed by atoms with Crippen LogP contribution < -0.4 is 0 Å². The van der Waals surface area contributed by atoms with Crippen LogP contribution in [-0.2, 0) is 23.9 Å². The number of rotatable bonds is 12. The van der Waals surface area contributed by atoms with Gasteiger partial charge in [-0.3, -0.25) is 9.59 Å². The third-order valence-corrected chi connectivity index (χ3v) is 5.56. The molecule has 0 aromatic heterocycles. The molecule has 0 aliphatic carbocycles. The van der Waals surface area contributed by atoms with Gasteiger partial charge in [-0.1, -0.05) is 45.4 Å². The van der Waals surface area contributed by atoms with Gasteiger partial charge in [-0.05, 0) is 18.4 Å². The minimum absolute atomic E-state index is 0.196. The average Bonchev–Trinajstić information content (AvgIpc) is 3.15. The van der Waals surface area contributed by atoms with Gasteiger partial charge in [-0.25, -0.2) is 4.79 Å². The monoisotopic (exact) mass is 398 g/mol. The highest BCUT2D eigenvalue weighted by Crippen LogP contribution is 2.51. The SMILES string of the molecule is CCCCCCCCCC1=CO[C@@]2(C1)C[C@H](C(=O)O)[C@@](CC(=O)O)(C(=O)O)O2. The number of carboxylic acid groups (broad SMARTS) is 3. The van der Waals surface area contributed by atoms with Crippen LogP contribution >= 0.6 is 0 Å². The number of unbranched alkanes of at least 4 members (excludes halogenated alkanes) is 6. The van der Waals surface area contributed by atoms with E-state index in [1.54, 1.807) is 0 Å². The maximum atomic E-state index is 11.8. The first-order valence-corrected chi connectivity index (χ1v) is 9.98. The third kappa shape index (κ3) is 5.04. The second-order valence-corrected chi connectivity index (χ2v) is 7.81. The Morgan fingerprint density at radius 2 is 1.71 bits per heavy atom. The molecule has 28 heavy (non-hydrogen) atoms. The molecule has 1 saturated heterocycles. The van der Waals surface area contributed by atoms with Crippen LogP contribution in [0.2, 0.25) is 0 Å². The number of carbonyl (C=O) groups is 3. The summed E-state index contributed by atoms with van der Waals surface area (Å²) in [5.41, 5.74) is -1.39. The second kappa shape index (κ2) is 9.41. The predicted molar refractivity (Wildman–Crippen MR) is 98.6 cm³/mol. The van der Waals surface area contributed by atoms with E-state index in [9.17, 15) is 24.6 Å². The van der Waals surface area contributed by atoms with Crippen molar-refractivity contribution < 1.29 is 39.2 Å². The molecule has 2 heterocycles. The Labute approximate surface area is 164 Å². The van der Waals surface area contributed by atoms with Gasteiger partial charge in [-0.2, -0.15) is 0 Å². The molecule has 0 radical (unpaired) electrons. The van der Waals surface area contributed by atoms with Gasteiger partial charge in [0.1, 0.15) is 5.92 Å². The molecule has 1 spiro atoms. The van der Waals surface area contributed by atoms with Crippen LogP contribution in [0, 0.1) is 5.92 Å². The number of hydrogen-bond acceptors (Lipinski definition) is 5. The molecule has 3 atom stereocenters. The topological polar surface area (TPSA) is 130 Å². The van der Waals surface area contributed by atoms with E-state index >= 15 is 0 Å². The Morgan fingerprint density at radius 3 is 2.29 bits per heavy atom. The highest BCUT2D eigenvalue weighted by Gasteiger charge is 2.66. The molecule has 0 bridgehead atoms. The maximum absolute atomic E-state index is 11.8. The fraction of sp³-hybridized carbons (Fsp3) is 0.750. The first-order valence-electron chi connectivity index (χ1n) is 9.98. The molecule has 2 aliphatic heterocycles. The summed E-state index contributed by atoms with van der Waals surface area (Å²) in [5, 5.41) is 28.2. The molecule has 2 rings (SSSR count). The molecular formula is C20H30O8. The molecule has 0 aromatic carbocycles. The smallest absolute Gasteiger partial charge is 0.337 e. The average molecular weight is 398 g/mol. The molecule has 8 nitrogen and oxygen atoms in total. The maximum Gasteiger partial charge on any atom is 0.337 e. The van der Waals surface area contributed by atoms with Gasteiger partial charge in [-0.15, -0.1) is 0 Å². The molecule has 8 heteroatoms. The molecule has 1 fully saturated rings. The van der Waals surface area contributed by atoms with Crippen molar-refractivity contribution in [3.63, 3.8) is 0 Å². The zero-order chi connectivity index (χ0) is 20.8. The minimum atomic E-state index is -2.33. The van der Waals surface area contributed by atoms with Crippen molar-refractivity contribution in [3.8, 4) is 0 Å². The van der Waals surface area contributed by atoms with Crippen molar-refractivity contribution >= 4 is 17.9 Å².